The molecule has 0 saturated carbocycles. The highest BCUT2D eigenvalue weighted by molar-refractivity contribution is 5.39. The Labute approximate surface area is 77.4 Å². The van der Waals surface area contributed by atoms with E-state index in [2.05, 4.69) is 4.98 Å². The maximum absolute atomic E-state index is 12.8. The van der Waals surface area contributed by atoms with Crippen molar-refractivity contribution in [2.45, 2.75) is 12.8 Å². The minimum atomic E-state index is -3.10. The molecule has 0 bridgehead atoms. The maximum atomic E-state index is 12.8. The van der Waals surface area contributed by atoms with E-state index < -0.39 is 35.7 Å². The topological polar surface area (TPSA) is 56.9 Å². The van der Waals surface area contributed by atoms with Crippen molar-refractivity contribution in [1.82, 2.24) is 4.98 Å². The van der Waals surface area contributed by atoms with Gasteiger partial charge in [0.15, 0.2) is 0 Å². The van der Waals surface area contributed by atoms with E-state index in [0.717, 1.165) is 0 Å². The van der Waals surface area contributed by atoms with Crippen LogP contribution in [-0.4, -0.2) is 10.1 Å². The molecule has 0 aromatic carbocycles. The molecular formula is C8H5F3N2O. The molecular weight excluding hydrogens is 197 g/mol. The third kappa shape index (κ3) is 1.76. The lowest BCUT2D eigenvalue weighted by molar-refractivity contribution is 0.143. The van der Waals surface area contributed by atoms with Crippen molar-refractivity contribution in [1.29, 1.82) is 5.26 Å². The predicted molar refractivity (Wildman–Crippen MR) is 40.1 cm³/mol. The molecule has 0 aliphatic heterocycles. The number of nitrogens with zero attached hydrogens (tertiary/aromatic N) is 2. The fourth-order valence-corrected chi connectivity index (χ4v) is 1.01. The molecule has 1 heterocycles. The molecule has 14 heavy (non-hydrogen) atoms. The van der Waals surface area contributed by atoms with Gasteiger partial charge in [0, 0.05) is 5.56 Å². The summed E-state index contributed by atoms with van der Waals surface area (Å²) in [5, 5.41) is 17.4. The van der Waals surface area contributed by atoms with Crippen molar-refractivity contribution >= 4 is 0 Å². The zero-order valence-corrected chi connectivity index (χ0v) is 6.84. The molecule has 3 nitrogen and oxygen atoms in total. The lowest BCUT2D eigenvalue weighted by Crippen LogP contribution is -2.01. The number of halogens is 3. The van der Waals surface area contributed by atoms with Gasteiger partial charge in [0.2, 0.25) is 5.95 Å². The number of hydrogen-bond acceptors (Lipinski definition) is 3. The highest BCUT2D eigenvalue weighted by Crippen LogP contribution is 2.30. The number of aromatic nitrogens is 1. The van der Waals surface area contributed by atoms with Crippen LogP contribution in [0.5, 0.6) is 5.75 Å². The Hall–Kier alpha value is -1.77. The van der Waals surface area contributed by atoms with Crippen LogP contribution in [0.1, 0.15) is 17.6 Å². The van der Waals surface area contributed by atoms with E-state index in [1.807, 2.05) is 0 Å². The molecule has 0 saturated heterocycles. The van der Waals surface area contributed by atoms with Gasteiger partial charge >= 0.3 is 0 Å². The number of nitriles is 1. The summed E-state index contributed by atoms with van der Waals surface area (Å²) in [6.45, 7) is 0. The minimum absolute atomic E-state index is 0.407. The molecule has 0 aliphatic rings. The summed E-state index contributed by atoms with van der Waals surface area (Å²) in [7, 11) is 0. The van der Waals surface area contributed by atoms with Gasteiger partial charge in [-0.25, -0.2) is 13.8 Å². The second-order valence-corrected chi connectivity index (χ2v) is 2.46. The summed E-state index contributed by atoms with van der Waals surface area (Å²) in [5.41, 5.74) is -1.42. The Morgan fingerprint density at radius 1 is 1.57 bits per heavy atom. The summed E-state index contributed by atoms with van der Waals surface area (Å²) in [5.74, 6) is -1.95. The van der Waals surface area contributed by atoms with Crippen molar-refractivity contribution in [3.8, 4) is 11.8 Å². The molecule has 0 radical (unpaired) electrons. The summed E-state index contributed by atoms with van der Waals surface area (Å²) in [4.78, 5) is 2.94. The lowest BCUT2D eigenvalue weighted by atomic mass is 10.1. The van der Waals surface area contributed by atoms with Crippen LogP contribution in [0.2, 0.25) is 0 Å². The van der Waals surface area contributed by atoms with Crippen LogP contribution in [0, 0.1) is 17.3 Å². The van der Waals surface area contributed by atoms with E-state index in [1.54, 1.807) is 6.07 Å². The van der Waals surface area contributed by atoms with Crippen LogP contribution in [0.15, 0.2) is 6.20 Å². The SMILES string of the molecule is N#CCc1c(O)cnc(F)c1C(F)F. The number of pyridine rings is 1. The molecule has 1 N–H and O–H groups in total. The van der Waals surface area contributed by atoms with Crippen molar-refractivity contribution in [3.05, 3.63) is 23.3 Å². The first kappa shape index (κ1) is 10.3. The minimum Gasteiger partial charge on any atom is -0.506 e. The van der Waals surface area contributed by atoms with Gasteiger partial charge in [0.1, 0.15) is 5.75 Å². The first-order valence-corrected chi connectivity index (χ1v) is 3.59. The van der Waals surface area contributed by atoms with E-state index in [-0.39, 0.29) is 0 Å². The van der Waals surface area contributed by atoms with Crippen LogP contribution in [0.3, 0.4) is 0 Å². The van der Waals surface area contributed by atoms with Gasteiger partial charge in [-0.15, -0.1) is 0 Å². The van der Waals surface area contributed by atoms with Crippen molar-refractivity contribution < 1.29 is 18.3 Å². The van der Waals surface area contributed by atoms with Crippen molar-refractivity contribution in [2.24, 2.45) is 0 Å². The van der Waals surface area contributed by atoms with Crippen LogP contribution in [-0.2, 0) is 6.42 Å². The quantitative estimate of drug-likeness (QED) is 0.745. The van der Waals surface area contributed by atoms with E-state index in [4.69, 9.17) is 10.4 Å². The zero-order chi connectivity index (χ0) is 10.7. The maximum Gasteiger partial charge on any atom is 0.268 e. The molecule has 1 aromatic heterocycles. The zero-order valence-electron chi connectivity index (χ0n) is 6.84. The van der Waals surface area contributed by atoms with Gasteiger partial charge in [-0.2, -0.15) is 9.65 Å². The van der Waals surface area contributed by atoms with Crippen LogP contribution in [0.4, 0.5) is 13.2 Å². The second kappa shape index (κ2) is 3.96. The Kier molecular flexibility index (Phi) is 2.92. The molecule has 1 rings (SSSR count). The van der Waals surface area contributed by atoms with E-state index in [1.165, 1.54) is 0 Å². The van der Waals surface area contributed by atoms with Crippen molar-refractivity contribution in [2.75, 3.05) is 0 Å². The lowest BCUT2D eigenvalue weighted by Gasteiger charge is -2.07. The van der Waals surface area contributed by atoms with Gasteiger partial charge in [-0.1, -0.05) is 0 Å². The van der Waals surface area contributed by atoms with Crippen molar-refractivity contribution in [3.63, 3.8) is 0 Å². The summed E-state index contributed by atoms with van der Waals surface area (Å²) < 4.78 is 37.4. The number of hydrogen-bond donors (Lipinski definition) is 1. The molecule has 74 valence electrons. The monoisotopic (exact) mass is 202 g/mol. The van der Waals surface area contributed by atoms with Gasteiger partial charge in [0.05, 0.1) is 24.3 Å². The van der Waals surface area contributed by atoms with Crippen LogP contribution in [0.25, 0.3) is 0 Å². The van der Waals surface area contributed by atoms with E-state index in [9.17, 15) is 13.2 Å². The van der Waals surface area contributed by atoms with E-state index >= 15 is 0 Å². The van der Waals surface area contributed by atoms with Gasteiger partial charge in [0.25, 0.3) is 6.43 Å². The van der Waals surface area contributed by atoms with Gasteiger partial charge < -0.3 is 5.11 Å². The summed E-state index contributed by atoms with van der Waals surface area (Å²) in [6, 6.07) is 1.56. The first-order chi connectivity index (χ1) is 6.57. The smallest absolute Gasteiger partial charge is 0.268 e. The number of rotatable bonds is 2. The molecule has 0 amide bonds. The highest BCUT2D eigenvalue weighted by atomic mass is 19.3. The summed E-state index contributed by atoms with van der Waals surface area (Å²) in [6.07, 6.45) is -2.88. The predicted octanol–water partition coefficient (Wildman–Crippen LogP) is 1.93. The number of alkyl halides is 2. The Bertz CT molecular complexity index is 387. The molecule has 0 unspecified atom stereocenters. The van der Waals surface area contributed by atoms with Gasteiger partial charge in [-0.3, -0.25) is 0 Å². The molecule has 6 heteroatoms. The Balaban J connectivity index is 3.35. The highest BCUT2D eigenvalue weighted by Gasteiger charge is 2.22. The standard InChI is InChI=1S/C8H5F3N2O/c9-7(10)6-4(1-2-12)5(14)3-13-8(6)11/h3,7,14H,1H2. The molecule has 0 spiro atoms. The largest absolute Gasteiger partial charge is 0.506 e. The van der Waals surface area contributed by atoms with Gasteiger partial charge in [-0.05, 0) is 0 Å². The molecule has 1 aromatic rings. The summed E-state index contributed by atoms with van der Waals surface area (Å²) >= 11 is 0. The second-order valence-electron chi connectivity index (χ2n) is 2.46. The first-order valence-electron chi connectivity index (χ1n) is 3.59. The third-order valence-electron chi connectivity index (χ3n) is 1.63. The average Bonchev–Trinajstić information content (AvgIpc) is 2.11. The normalized spacial score (nSPS) is 10.2. The third-order valence-corrected chi connectivity index (χ3v) is 1.63. The van der Waals surface area contributed by atoms with E-state index in [0.29, 0.717) is 6.20 Å². The Morgan fingerprint density at radius 3 is 2.71 bits per heavy atom. The van der Waals surface area contributed by atoms with Crippen LogP contribution >= 0.6 is 0 Å². The fraction of sp³-hybridized carbons (Fsp3) is 0.250. The molecule has 0 atom stereocenters. The number of aromatic hydroxyl groups is 1. The average molecular weight is 202 g/mol. The van der Waals surface area contributed by atoms with Crippen LogP contribution < -0.4 is 0 Å². The molecule has 0 fully saturated rings. The molecule has 0 aliphatic carbocycles. The Morgan fingerprint density at radius 2 is 2.21 bits per heavy atom. The fourth-order valence-electron chi connectivity index (χ4n) is 1.01.